The van der Waals surface area contributed by atoms with E-state index in [2.05, 4.69) is 21.9 Å². The number of likely N-dealkylation sites (N-methyl/N-ethyl adjacent to an activating group) is 1. The van der Waals surface area contributed by atoms with Gasteiger partial charge in [-0.25, -0.2) is 5.43 Å². The molecule has 36 heavy (non-hydrogen) atoms. The molecule has 0 bridgehead atoms. The van der Waals surface area contributed by atoms with Gasteiger partial charge in [-0.2, -0.15) is 10.4 Å². The molecular formula is C27H26N4O5. The van der Waals surface area contributed by atoms with Crippen molar-refractivity contribution in [3.8, 4) is 34.4 Å². The molecule has 3 rings (SSSR count). The Bertz CT molecular complexity index is 1250. The molecule has 0 saturated carbocycles. The van der Waals surface area contributed by atoms with Crippen molar-refractivity contribution in [2.24, 2.45) is 5.10 Å². The number of nitrogens with one attached hydrogen (secondary N) is 2. The van der Waals surface area contributed by atoms with E-state index in [1.807, 2.05) is 31.2 Å². The van der Waals surface area contributed by atoms with Crippen molar-refractivity contribution in [2.45, 2.75) is 6.92 Å². The summed E-state index contributed by atoms with van der Waals surface area (Å²) in [6, 6.07) is 21.7. The third kappa shape index (κ3) is 7.60. The monoisotopic (exact) mass is 486 g/mol. The molecule has 0 unspecified atom stereocenters. The first-order valence-electron chi connectivity index (χ1n) is 11.1. The molecule has 0 spiro atoms. The molecular weight excluding hydrogens is 460 g/mol. The van der Waals surface area contributed by atoms with E-state index in [-0.39, 0.29) is 19.1 Å². The molecule has 0 atom stereocenters. The molecule has 0 aromatic heterocycles. The minimum atomic E-state index is -0.420. The zero-order valence-corrected chi connectivity index (χ0v) is 20.0. The van der Waals surface area contributed by atoms with E-state index in [0.717, 1.165) is 11.1 Å². The summed E-state index contributed by atoms with van der Waals surface area (Å²) in [6.07, 6.45) is 1.46. The topological polar surface area (TPSA) is 122 Å². The van der Waals surface area contributed by atoms with Crippen LogP contribution in [0.3, 0.4) is 0 Å². The molecule has 0 aliphatic rings. The Morgan fingerprint density at radius 2 is 1.58 bits per heavy atom. The Kier molecular flexibility index (Phi) is 9.42. The number of rotatable bonds is 11. The van der Waals surface area contributed by atoms with Gasteiger partial charge in [-0.15, -0.1) is 0 Å². The summed E-state index contributed by atoms with van der Waals surface area (Å²) in [4.78, 5) is 23.6. The van der Waals surface area contributed by atoms with Crippen LogP contribution in [-0.2, 0) is 9.59 Å². The number of hydrazone groups is 1. The zero-order chi connectivity index (χ0) is 25.8. The molecule has 3 aromatic rings. The molecule has 2 amide bonds. The highest BCUT2D eigenvalue weighted by Gasteiger charge is 2.08. The van der Waals surface area contributed by atoms with Crippen LogP contribution in [0.1, 0.15) is 18.1 Å². The number of ether oxygens (including phenoxy) is 3. The van der Waals surface area contributed by atoms with E-state index < -0.39 is 5.91 Å². The first-order chi connectivity index (χ1) is 17.5. The van der Waals surface area contributed by atoms with Crippen molar-refractivity contribution >= 4 is 18.0 Å². The maximum absolute atomic E-state index is 12.1. The highest BCUT2D eigenvalue weighted by molar-refractivity contribution is 5.84. The van der Waals surface area contributed by atoms with Crippen molar-refractivity contribution in [1.82, 2.24) is 10.7 Å². The summed E-state index contributed by atoms with van der Waals surface area (Å²) in [5.41, 5.74) is 5.62. The normalized spacial score (nSPS) is 10.4. The van der Waals surface area contributed by atoms with Gasteiger partial charge in [0.1, 0.15) is 5.75 Å². The van der Waals surface area contributed by atoms with E-state index in [1.54, 1.807) is 42.5 Å². The van der Waals surface area contributed by atoms with E-state index in [1.165, 1.54) is 13.3 Å². The van der Waals surface area contributed by atoms with Gasteiger partial charge < -0.3 is 19.5 Å². The van der Waals surface area contributed by atoms with E-state index in [9.17, 15) is 9.59 Å². The Balaban J connectivity index is 1.47. The number of amides is 2. The standard InChI is InChI=1S/C27H26N4O5/c1-3-29-26(32)17-36-24-13-6-20(14-25(24)34-2)16-30-31-27(33)18-35-23-11-9-22(10-12-23)21-7-4-19(15-28)5-8-21/h4-14,16H,3,17-18H2,1-2H3,(H,29,32)(H,31,33)/b30-16+. The number of carbonyl (C=O) groups is 2. The Labute approximate surface area is 209 Å². The van der Waals surface area contributed by atoms with Crippen molar-refractivity contribution in [2.75, 3.05) is 26.9 Å². The van der Waals surface area contributed by atoms with Crippen LogP contribution in [0.15, 0.2) is 71.8 Å². The van der Waals surface area contributed by atoms with E-state index in [4.69, 9.17) is 19.5 Å². The molecule has 3 aromatic carbocycles. The van der Waals surface area contributed by atoms with Gasteiger partial charge in [-0.1, -0.05) is 24.3 Å². The van der Waals surface area contributed by atoms with Crippen LogP contribution in [0.4, 0.5) is 0 Å². The second-order valence-corrected chi connectivity index (χ2v) is 7.45. The Morgan fingerprint density at radius 1 is 0.917 bits per heavy atom. The van der Waals surface area contributed by atoms with Gasteiger partial charge in [0.2, 0.25) is 0 Å². The van der Waals surface area contributed by atoms with E-state index >= 15 is 0 Å². The fourth-order valence-electron chi connectivity index (χ4n) is 3.12. The van der Waals surface area contributed by atoms with Crippen molar-refractivity contribution in [3.05, 3.63) is 77.9 Å². The lowest BCUT2D eigenvalue weighted by Gasteiger charge is -2.11. The van der Waals surface area contributed by atoms with Crippen LogP contribution in [0.5, 0.6) is 17.2 Å². The van der Waals surface area contributed by atoms with Gasteiger partial charge in [0.25, 0.3) is 11.8 Å². The van der Waals surface area contributed by atoms with Crippen molar-refractivity contribution in [1.29, 1.82) is 5.26 Å². The SMILES string of the molecule is CCNC(=O)COc1ccc(/C=N/NC(=O)COc2ccc(-c3ccc(C#N)cc3)cc2)cc1OC. The number of hydrogen-bond donors (Lipinski definition) is 2. The van der Waals surface area contributed by atoms with Crippen molar-refractivity contribution < 1.29 is 23.8 Å². The molecule has 0 aliphatic heterocycles. The van der Waals surface area contributed by atoms with Crippen molar-refractivity contribution in [3.63, 3.8) is 0 Å². The maximum atomic E-state index is 12.1. The minimum Gasteiger partial charge on any atom is -0.493 e. The Hall–Kier alpha value is -4.84. The fourth-order valence-corrected chi connectivity index (χ4v) is 3.12. The average molecular weight is 487 g/mol. The van der Waals surface area contributed by atoms with Crippen LogP contribution in [0.2, 0.25) is 0 Å². The molecule has 2 N–H and O–H groups in total. The van der Waals surface area contributed by atoms with Gasteiger partial charge in [0.05, 0.1) is 25.0 Å². The lowest BCUT2D eigenvalue weighted by Crippen LogP contribution is -2.28. The van der Waals surface area contributed by atoms with Crippen LogP contribution >= 0.6 is 0 Å². The molecule has 9 heteroatoms. The number of nitriles is 1. The third-order valence-electron chi connectivity index (χ3n) is 4.89. The van der Waals surface area contributed by atoms with Crippen LogP contribution < -0.4 is 25.0 Å². The molecule has 9 nitrogen and oxygen atoms in total. The molecule has 0 radical (unpaired) electrons. The lowest BCUT2D eigenvalue weighted by molar-refractivity contribution is -0.123. The highest BCUT2D eigenvalue weighted by atomic mass is 16.5. The number of methoxy groups -OCH3 is 1. The average Bonchev–Trinajstić information content (AvgIpc) is 2.91. The summed E-state index contributed by atoms with van der Waals surface area (Å²) in [5.74, 6) is 0.749. The van der Waals surface area contributed by atoms with Gasteiger partial charge in [-0.3, -0.25) is 9.59 Å². The quantitative estimate of drug-likeness (QED) is 0.317. The van der Waals surface area contributed by atoms with Gasteiger partial charge in [0, 0.05) is 6.54 Å². The fraction of sp³-hybridized carbons (Fsp3) is 0.185. The second kappa shape index (κ2) is 13.2. The summed E-state index contributed by atoms with van der Waals surface area (Å²) < 4.78 is 16.3. The Morgan fingerprint density at radius 3 is 2.22 bits per heavy atom. The number of benzene rings is 3. The lowest BCUT2D eigenvalue weighted by atomic mass is 10.0. The van der Waals surface area contributed by atoms with E-state index in [0.29, 0.717) is 34.9 Å². The minimum absolute atomic E-state index is 0.119. The summed E-state index contributed by atoms with van der Waals surface area (Å²) in [5, 5.41) is 15.5. The maximum Gasteiger partial charge on any atom is 0.277 e. The summed E-state index contributed by atoms with van der Waals surface area (Å²) >= 11 is 0. The molecule has 0 heterocycles. The first kappa shape index (κ1) is 25.8. The first-order valence-corrected chi connectivity index (χ1v) is 11.1. The van der Waals surface area contributed by atoms with Crippen LogP contribution in [0, 0.1) is 11.3 Å². The molecule has 0 saturated heterocycles. The second-order valence-electron chi connectivity index (χ2n) is 7.45. The predicted octanol–water partition coefficient (Wildman–Crippen LogP) is 3.28. The molecule has 184 valence electrons. The number of hydrogen-bond acceptors (Lipinski definition) is 7. The van der Waals surface area contributed by atoms with Gasteiger partial charge in [0.15, 0.2) is 24.7 Å². The number of carbonyl (C=O) groups excluding carboxylic acids is 2. The van der Waals surface area contributed by atoms with Crippen LogP contribution in [0.25, 0.3) is 11.1 Å². The van der Waals surface area contributed by atoms with Gasteiger partial charge in [-0.05, 0) is 66.1 Å². The molecule has 0 fully saturated rings. The summed E-state index contributed by atoms with van der Waals surface area (Å²) in [6.45, 7) is 2.03. The predicted molar refractivity (Wildman–Crippen MR) is 135 cm³/mol. The molecule has 0 aliphatic carbocycles. The van der Waals surface area contributed by atoms with Gasteiger partial charge >= 0.3 is 0 Å². The number of nitrogens with zero attached hydrogens (tertiary/aromatic N) is 2. The zero-order valence-electron chi connectivity index (χ0n) is 20.0. The highest BCUT2D eigenvalue weighted by Crippen LogP contribution is 2.27. The smallest absolute Gasteiger partial charge is 0.277 e. The third-order valence-corrected chi connectivity index (χ3v) is 4.89. The largest absolute Gasteiger partial charge is 0.493 e. The summed E-state index contributed by atoms with van der Waals surface area (Å²) in [7, 11) is 1.49. The van der Waals surface area contributed by atoms with Crippen LogP contribution in [-0.4, -0.2) is 44.9 Å².